The molecule has 19 heavy (non-hydrogen) atoms. The zero-order chi connectivity index (χ0) is 13.8. The fraction of sp³-hybridized carbons (Fsp3) is 0.500. The van der Waals surface area contributed by atoms with Gasteiger partial charge in [0.2, 0.25) is 0 Å². The van der Waals surface area contributed by atoms with Crippen LogP contribution >= 0.6 is 0 Å². The second kappa shape index (κ2) is 6.04. The van der Waals surface area contributed by atoms with Gasteiger partial charge in [-0.3, -0.25) is 4.79 Å². The third-order valence-electron chi connectivity index (χ3n) is 3.28. The maximum absolute atomic E-state index is 11.0. The molecule has 1 aliphatic heterocycles. The van der Waals surface area contributed by atoms with Crippen molar-refractivity contribution in [2.24, 2.45) is 0 Å². The van der Waals surface area contributed by atoms with Crippen molar-refractivity contribution in [3.8, 4) is 5.75 Å². The number of β-amino-alcohol motifs (C(OH)–C–C–N with tert-alkyl or cyclic N) is 1. The van der Waals surface area contributed by atoms with E-state index in [4.69, 9.17) is 9.47 Å². The van der Waals surface area contributed by atoms with E-state index in [2.05, 4.69) is 5.32 Å². The van der Waals surface area contributed by atoms with Crippen LogP contribution in [0.4, 0.5) is 0 Å². The van der Waals surface area contributed by atoms with Crippen molar-refractivity contribution in [2.75, 3.05) is 13.7 Å². The maximum atomic E-state index is 11.0. The molecule has 3 atom stereocenters. The van der Waals surface area contributed by atoms with Crippen molar-refractivity contribution in [1.82, 2.24) is 5.32 Å². The molecular formula is C14H19NO4. The van der Waals surface area contributed by atoms with Crippen molar-refractivity contribution < 1.29 is 19.4 Å². The zero-order valence-corrected chi connectivity index (χ0v) is 11.1. The van der Waals surface area contributed by atoms with E-state index in [1.807, 2.05) is 24.3 Å². The average Bonchev–Trinajstić information content (AvgIpc) is 2.72. The summed E-state index contributed by atoms with van der Waals surface area (Å²) in [5, 5.41) is 13.0. The van der Waals surface area contributed by atoms with Gasteiger partial charge < -0.3 is 19.9 Å². The third kappa shape index (κ3) is 3.45. The molecule has 0 bridgehead atoms. The fourth-order valence-corrected chi connectivity index (χ4v) is 2.33. The Morgan fingerprint density at radius 3 is 2.68 bits per heavy atom. The molecule has 0 spiro atoms. The predicted molar refractivity (Wildman–Crippen MR) is 70.0 cm³/mol. The van der Waals surface area contributed by atoms with Gasteiger partial charge in [0.05, 0.1) is 13.2 Å². The summed E-state index contributed by atoms with van der Waals surface area (Å²) in [5.74, 6) is 0.437. The minimum absolute atomic E-state index is 0.0627. The van der Waals surface area contributed by atoms with Crippen molar-refractivity contribution in [1.29, 1.82) is 0 Å². The highest BCUT2D eigenvalue weighted by Gasteiger charge is 2.37. The van der Waals surface area contributed by atoms with Crippen LogP contribution in [0.5, 0.6) is 5.75 Å². The molecule has 0 amide bonds. The monoisotopic (exact) mass is 265 g/mol. The molecule has 0 saturated carbocycles. The van der Waals surface area contributed by atoms with Crippen LogP contribution in [-0.2, 0) is 16.0 Å². The first-order valence-electron chi connectivity index (χ1n) is 6.31. The normalized spacial score (nSPS) is 26.2. The summed E-state index contributed by atoms with van der Waals surface area (Å²) in [6.07, 6.45) is -0.439. The van der Waals surface area contributed by atoms with E-state index in [1.165, 1.54) is 6.92 Å². The number of carbonyl (C=O) groups is 1. The topological polar surface area (TPSA) is 67.8 Å². The molecule has 1 aromatic rings. The molecule has 1 aromatic carbocycles. The van der Waals surface area contributed by atoms with E-state index in [-0.39, 0.29) is 12.0 Å². The summed E-state index contributed by atoms with van der Waals surface area (Å²) in [5.41, 5.74) is 1.10. The number of carbonyl (C=O) groups excluding carboxylic acids is 1. The fourth-order valence-electron chi connectivity index (χ4n) is 2.33. The molecule has 0 aromatic heterocycles. The smallest absolute Gasteiger partial charge is 0.303 e. The van der Waals surface area contributed by atoms with Crippen LogP contribution in [0.25, 0.3) is 0 Å². The first kappa shape index (κ1) is 13.8. The van der Waals surface area contributed by atoms with Crippen LogP contribution < -0.4 is 10.1 Å². The maximum Gasteiger partial charge on any atom is 0.303 e. The molecule has 1 saturated heterocycles. The Morgan fingerprint density at radius 2 is 2.11 bits per heavy atom. The Bertz CT molecular complexity index is 432. The van der Waals surface area contributed by atoms with E-state index in [0.29, 0.717) is 13.0 Å². The SMILES string of the molecule is COc1ccc(C[C@@H]2NC[C@H](O)[C@H]2OC(C)=O)cc1. The van der Waals surface area contributed by atoms with E-state index in [9.17, 15) is 9.90 Å². The van der Waals surface area contributed by atoms with Gasteiger partial charge in [0.15, 0.2) is 0 Å². The molecule has 1 fully saturated rings. The van der Waals surface area contributed by atoms with Crippen LogP contribution in [-0.4, -0.2) is 43.0 Å². The Morgan fingerprint density at radius 1 is 1.42 bits per heavy atom. The molecule has 5 heteroatoms. The largest absolute Gasteiger partial charge is 0.497 e. The molecule has 1 heterocycles. The Labute approximate surface area is 112 Å². The summed E-state index contributed by atoms with van der Waals surface area (Å²) in [6.45, 7) is 1.80. The van der Waals surface area contributed by atoms with Crippen LogP contribution in [0.15, 0.2) is 24.3 Å². The summed E-state index contributed by atoms with van der Waals surface area (Å²) in [4.78, 5) is 11.0. The second-order valence-electron chi connectivity index (χ2n) is 4.71. The predicted octanol–water partition coefficient (Wildman–Crippen LogP) is 0.502. The summed E-state index contributed by atoms with van der Waals surface area (Å²) in [6, 6.07) is 7.65. The standard InChI is InChI=1S/C14H19NO4/c1-9(16)19-14-12(15-8-13(14)17)7-10-3-5-11(18-2)6-4-10/h3-6,12-15,17H,7-8H2,1-2H3/t12-,13-,14-/m0/s1. The number of aliphatic hydroxyl groups is 1. The summed E-state index contributed by atoms with van der Waals surface area (Å²) in [7, 11) is 1.63. The molecule has 5 nitrogen and oxygen atoms in total. The number of hydrogen-bond acceptors (Lipinski definition) is 5. The number of aliphatic hydroxyl groups excluding tert-OH is 1. The lowest BCUT2D eigenvalue weighted by Gasteiger charge is -2.21. The van der Waals surface area contributed by atoms with Crippen LogP contribution in [0.1, 0.15) is 12.5 Å². The first-order valence-corrected chi connectivity index (χ1v) is 6.31. The van der Waals surface area contributed by atoms with Gasteiger partial charge in [-0.25, -0.2) is 0 Å². The van der Waals surface area contributed by atoms with E-state index >= 15 is 0 Å². The van der Waals surface area contributed by atoms with Crippen molar-refractivity contribution >= 4 is 5.97 Å². The van der Waals surface area contributed by atoms with Crippen molar-refractivity contribution in [3.05, 3.63) is 29.8 Å². The van der Waals surface area contributed by atoms with Gasteiger partial charge in [-0.05, 0) is 24.1 Å². The molecule has 2 N–H and O–H groups in total. The lowest BCUT2D eigenvalue weighted by Crippen LogP contribution is -2.38. The van der Waals surface area contributed by atoms with Gasteiger partial charge in [-0.1, -0.05) is 12.1 Å². The Hall–Kier alpha value is -1.59. The number of rotatable bonds is 4. The van der Waals surface area contributed by atoms with E-state index in [1.54, 1.807) is 7.11 Å². The lowest BCUT2D eigenvalue weighted by molar-refractivity contribution is -0.151. The van der Waals surface area contributed by atoms with Gasteiger partial charge in [-0.2, -0.15) is 0 Å². The van der Waals surface area contributed by atoms with Crippen molar-refractivity contribution in [2.45, 2.75) is 31.6 Å². The van der Waals surface area contributed by atoms with Crippen LogP contribution in [0.2, 0.25) is 0 Å². The lowest BCUT2D eigenvalue weighted by atomic mass is 10.0. The molecule has 2 rings (SSSR count). The number of nitrogens with one attached hydrogen (secondary N) is 1. The zero-order valence-electron chi connectivity index (χ0n) is 11.1. The molecule has 1 aliphatic rings. The number of benzene rings is 1. The van der Waals surface area contributed by atoms with Gasteiger partial charge in [0.25, 0.3) is 0 Å². The quantitative estimate of drug-likeness (QED) is 0.776. The highest BCUT2D eigenvalue weighted by atomic mass is 16.6. The molecule has 0 aliphatic carbocycles. The molecular weight excluding hydrogens is 246 g/mol. The minimum atomic E-state index is -0.646. The summed E-state index contributed by atoms with van der Waals surface area (Å²) >= 11 is 0. The van der Waals surface area contributed by atoms with E-state index in [0.717, 1.165) is 11.3 Å². The second-order valence-corrected chi connectivity index (χ2v) is 4.71. The molecule has 104 valence electrons. The number of ether oxygens (including phenoxy) is 2. The van der Waals surface area contributed by atoms with Gasteiger partial charge in [0, 0.05) is 13.5 Å². The minimum Gasteiger partial charge on any atom is -0.497 e. The number of methoxy groups -OCH3 is 1. The van der Waals surface area contributed by atoms with E-state index < -0.39 is 12.2 Å². The van der Waals surface area contributed by atoms with Gasteiger partial charge >= 0.3 is 5.97 Å². The first-order chi connectivity index (χ1) is 9.10. The highest BCUT2D eigenvalue weighted by Crippen LogP contribution is 2.19. The highest BCUT2D eigenvalue weighted by molar-refractivity contribution is 5.66. The average molecular weight is 265 g/mol. The van der Waals surface area contributed by atoms with Gasteiger partial charge in [-0.15, -0.1) is 0 Å². The van der Waals surface area contributed by atoms with Crippen molar-refractivity contribution in [3.63, 3.8) is 0 Å². The Kier molecular flexibility index (Phi) is 4.39. The third-order valence-corrected chi connectivity index (χ3v) is 3.28. The summed E-state index contributed by atoms with van der Waals surface area (Å²) < 4.78 is 10.3. The molecule has 0 radical (unpaired) electrons. The van der Waals surface area contributed by atoms with Gasteiger partial charge in [0.1, 0.15) is 18.0 Å². The molecule has 0 unspecified atom stereocenters. The van der Waals surface area contributed by atoms with Crippen LogP contribution in [0.3, 0.4) is 0 Å². The number of esters is 1. The Balaban J connectivity index is 2.02. The van der Waals surface area contributed by atoms with Crippen LogP contribution in [0, 0.1) is 0 Å². The number of hydrogen-bond donors (Lipinski definition) is 2.